The van der Waals surface area contributed by atoms with Gasteiger partial charge in [-0.2, -0.15) is 5.10 Å². The smallest absolute Gasteiger partial charge is 0.148 e. The first-order valence-corrected chi connectivity index (χ1v) is 5.65. The third kappa shape index (κ3) is 2.72. The first-order chi connectivity index (χ1) is 7.28. The fraction of sp³-hybridized carbons (Fsp3) is 0.727. The molecule has 1 N–H and O–H groups in total. The van der Waals surface area contributed by atoms with Crippen molar-refractivity contribution in [1.29, 1.82) is 0 Å². The van der Waals surface area contributed by atoms with Gasteiger partial charge in [0, 0.05) is 32.0 Å². The maximum absolute atomic E-state index is 5.63. The Hall–Kier alpha value is -1.03. The largest absolute Gasteiger partial charge is 0.378 e. The van der Waals surface area contributed by atoms with Crippen LogP contribution in [0, 0.1) is 0 Å². The van der Waals surface area contributed by atoms with Crippen LogP contribution in [0.15, 0.2) is 12.3 Å². The Kier molecular flexibility index (Phi) is 3.26. The minimum Gasteiger partial charge on any atom is -0.378 e. The molecule has 0 spiro atoms. The molecule has 15 heavy (non-hydrogen) atoms. The molecular weight excluding hydrogens is 190 g/mol. The van der Waals surface area contributed by atoms with Crippen LogP contribution < -0.4 is 5.32 Å². The van der Waals surface area contributed by atoms with Gasteiger partial charge in [-0.1, -0.05) is 6.92 Å². The van der Waals surface area contributed by atoms with E-state index in [0.29, 0.717) is 12.1 Å². The van der Waals surface area contributed by atoms with Crippen LogP contribution in [-0.2, 0) is 11.8 Å². The fourth-order valence-corrected chi connectivity index (χ4v) is 2.00. The van der Waals surface area contributed by atoms with Gasteiger partial charge in [0.25, 0.3) is 0 Å². The average Bonchev–Trinajstić information content (AvgIpc) is 2.64. The van der Waals surface area contributed by atoms with E-state index in [0.717, 1.165) is 31.7 Å². The number of nitrogens with one attached hydrogen (secondary N) is 1. The van der Waals surface area contributed by atoms with Gasteiger partial charge in [-0.3, -0.25) is 4.68 Å². The van der Waals surface area contributed by atoms with E-state index in [-0.39, 0.29) is 0 Å². The van der Waals surface area contributed by atoms with Crippen molar-refractivity contribution < 1.29 is 4.74 Å². The Morgan fingerprint density at radius 3 is 3.20 bits per heavy atom. The molecule has 1 aromatic heterocycles. The van der Waals surface area contributed by atoms with Crippen molar-refractivity contribution in [3.63, 3.8) is 0 Å². The molecule has 84 valence electrons. The zero-order valence-corrected chi connectivity index (χ0v) is 9.44. The lowest BCUT2D eigenvalue weighted by atomic mass is 10.0. The molecule has 1 fully saturated rings. The van der Waals surface area contributed by atoms with Crippen LogP contribution >= 0.6 is 0 Å². The molecule has 0 amide bonds. The molecule has 2 atom stereocenters. The molecule has 2 rings (SSSR count). The number of hydrogen-bond donors (Lipinski definition) is 1. The normalized spacial score (nSPS) is 26.5. The zero-order valence-electron chi connectivity index (χ0n) is 9.44. The highest BCUT2D eigenvalue weighted by atomic mass is 16.5. The first-order valence-electron chi connectivity index (χ1n) is 5.65. The van der Waals surface area contributed by atoms with Crippen molar-refractivity contribution in [2.24, 2.45) is 7.05 Å². The van der Waals surface area contributed by atoms with E-state index >= 15 is 0 Å². The quantitative estimate of drug-likeness (QED) is 0.825. The summed E-state index contributed by atoms with van der Waals surface area (Å²) in [5.74, 6) is 0.972. The first kappa shape index (κ1) is 10.5. The number of nitrogens with zero attached hydrogens (tertiary/aromatic N) is 2. The van der Waals surface area contributed by atoms with Crippen LogP contribution in [0.2, 0.25) is 0 Å². The summed E-state index contributed by atoms with van der Waals surface area (Å²) >= 11 is 0. The minimum atomic E-state index is 0.417. The molecular formula is C11H19N3O. The summed E-state index contributed by atoms with van der Waals surface area (Å²) in [6.07, 6.45) is 5.64. The Balaban J connectivity index is 1.88. The molecule has 0 bridgehead atoms. The molecule has 1 aliphatic heterocycles. The van der Waals surface area contributed by atoms with Gasteiger partial charge < -0.3 is 10.1 Å². The van der Waals surface area contributed by atoms with Crippen molar-refractivity contribution in [1.82, 2.24) is 9.78 Å². The average molecular weight is 209 g/mol. The molecule has 0 aliphatic carbocycles. The van der Waals surface area contributed by atoms with Gasteiger partial charge in [0.1, 0.15) is 5.82 Å². The number of aromatic nitrogens is 2. The monoisotopic (exact) mass is 209 g/mol. The van der Waals surface area contributed by atoms with Crippen LogP contribution in [0.4, 0.5) is 5.82 Å². The summed E-state index contributed by atoms with van der Waals surface area (Å²) < 4.78 is 7.45. The van der Waals surface area contributed by atoms with E-state index in [1.807, 2.05) is 24.0 Å². The highest BCUT2D eigenvalue weighted by Crippen LogP contribution is 2.19. The standard InChI is InChI=1S/C11H19N3O/c1-3-10-8-9(5-7-15-10)12-11-4-6-14(2)13-11/h4,6,9-10H,3,5,7-8H2,1-2H3,(H,12,13). The molecule has 1 saturated heterocycles. The summed E-state index contributed by atoms with van der Waals surface area (Å²) in [5.41, 5.74) is 0. The fourth-order valence-electron chi connectivity index (χ4n) is 2.00. The predicted octanol–water partition coefficient (Wildman–Crippen LogP) is 1.79. The predicted molar refractivity (Wildman–Crippen MR) is 59.9 cm³/mol. The minimum absolute atomic E-state index is 0.417. The number of hydrogen-bond acceptors (Lipinski definition) is 3. The zero-order chi connectivity index (χ0) is 10.7. The molecule has 0 saturated carbocycles. The van der Waals surface area contributed by atoms with E-state index in [9.17, 15) is 0 Å². The summed E-state index contributed by atoms with van der Waals surface area (Å²) in [6.45, 7) is 3.04. The molecule has 2 heterocycles. The molecule has 4 heteroatoms. The molecule has 1 aliphatic rings. The number of rotatable bonds is 3. The Morgan fingerprint density at radius 1 is 1.67 bits per heavy atom. The highest BCUT2D eigenvalue weighted by molar-refractivity contribution is 5.33. The van der Waals surface area contributed by atoms with Gasteiger partial charge in [0.2, 0.25) is 0 Å². The van der Waals surface area contributed by atoms with Crippen LogP contribution in [0.1, 0.15) is 26.2 Å². The van der Waals surface area contributed by atoms with Crippen molar-refractivity contribution in [2.45, 2.75) is 38.3 Å². The maximum Gasteiger partial charge on any atom is 0.148 e. The Bertz CT molecular complexity index is 311. The second-order valence-corrected chi connectivity index (χ2v) is 4.14. The topological polar surface area (TPSA) is 39.1 Å². The third-order valence-corrected chi connectivity index (χ3v) is 2.89. The lowest BCUT2D eigenvalue weighted by molar-refractivity contribution is 0.00920. The maximum atomic E-state index is 5.63. The van der Waals surface area contributed by atoms with E-state index in [1.165, 1.54) is 0 Å². The summed E-state index contributed by atoms with van der Waals surface area (Å²) in [6, 6.07) is 2.52. The Morgan fingerprint density at radius 2 is 2.53 bits per heavy atom. The van der Waals surface area contributed by atoms with Crippen LogP contribution in [0.3, 0.4) is 0 Å². The molecule has 0 aromatic carbocycles. The van der Waals surface area contributed by atoms with Crippen molar-refractivity contribution in [2.75, 3.05) is 11.9 Å². The van der Waals surface area contributed by atoms with Gasteiger partial charge in [-0.15, -0.1) is 0 Å². The molecule has 2 unspecified atom stereocenters. The highest BCUT2D eigenvalue weighted by Gasteiger charge is 2.21. The summed E-state index contributed by atoms with van der Waals surface area (Å²) in [5, 5.41) is 7.77. The van der Waals surface area contributed by atoms with E-state index in [2.05, 4.69) is 17.3 Å². The van der Waals surface area contributed by atoms with Gasteiger partial charge in [0.05, 0.1) is 6.10 Å². The Labute approximate surface area is 90.6 Å². The number of ether oxygens (including phenoxy) is 1. The van der Waals surface area contributed by atoms with E-state index in [4.69, 9.17) is 4.74 Å². The second-order valence-electron chi connectivity index (χ2n) is 4.14. The van der Waals surface area contributed by atoms with Gasteiger partial charge in [0.15, 0.2) is 0 Å². The van der Waals surface area contributed by atoms with Gasteiger partial charge in [-0.25, -0.2) is 0 Å². The lowest BCUT2D eigenvalue weighted by Gasteiger charge is -2.29. The van der Waals surface area contributed by atoms with Gasteiger partial charge in [-0.05, 0) is 19.3 Å². The molecule has 0 radical (unpaired) electrons. The van der Waals surface area contributed by atoms with Crippen molar-refractivity contribution >= 4 is 5.82 Å². The SMILES string of the molecule is CCC1CC(Nc2ccn(C)n2)CCO1. The third-order valence-electron chi connectivity index (χ3n) is 2.89. The van der Waals surface area contributed by atoms with Crippen molar-refractivity contribution in [3.05, 3.63) is 12.3 Å². The van der Waals surface area contributed by atoms with Crippen LogP contribution in [0.25, 0.3) is 0 Å². The lowest BCUT2D eigenvalue weighted by Crippen LogP contribution is -2.33. The molecule has 4 nitrogen and oxygen atoms in total. The second kappa shape index (κ2) is 4.66. The van der Waals surface area contributed by atoms with E-state index in [1.54, 1.807) is 0 Å². The molecule has 1 aromatic rings. The van der Waals surface area contributed by atoms with Gasteiger partial charge >= 0.3 is 0 Å². The van der Waals surface area contributed by atoms with Crippen LogP contribution in [-0.4, -0.2) is 28.5 Å². The van der Waals surface area contributed by atoms with Crippen LogP contribution in [0.5, 0.6) is 0 Å². The summed E-state index contributed by atoms with van der Waals surface area (Å²) in [7, 11) is 1.93. The van der Waals surface area contributed by atoms with E-state index < -0.39 is 0 Å². The summed E-state index contributed by atoms with van der Waals surface area (Å²) in [4.78, 5) is 0. The number of aryl methyl sites for hydroxylation is 1. The number of anilines is 1. The van der Waals surface area contributed by atoms with Crippen molar-refractivity contribution in [3.8, 4) is 0 Å².